The zero-order valence-corrected chi connectivity index (χ0v) is 11.5. The largest absolute Gasteiger partial charge is 0.481 e. The molecule has 0 saturated heterocycles. The minimum absolute atomic E-state index is 0.00272. The van der Waals surface area contributed by atoms with E-state index < -0.39 is 11.4 Å². The van der Waals surface area contributed by atoms with Crippen LogP contribution in [-0.2, 0) is 9.59 Å². The van der Waals surface area contributed by atoms with Gasteiger partial charge in [0.1, 0.15) is 0 Å². The Labute approximate surface area is 109 Å². The number of aliphatic hydroxyl groups is 1. The molecule has 0 aromatic carbocycles. The number of carbonyl (C=O) groups excluding carboxylic acids is 1. The van der Waals surface area contributed by atoms with E-state index >= 15 is 0 Å². The normalized spacial score (nSPS) is 13.1. The molecule has 0 heterocycles. The van der Waals surface area contributed by atoms with E-state index in [-0.39, 0.29) is 25.0 Å². The Morgan fingerprint density at radius 1 is 1.22 bits per heavy atom. The monoisotopic (exact) mass is 259 g/mol. The fourth-order valence-electron chi connectivity index (χ4n) is 2.00. The van der Waals surface area contributed by atoms with Gasteiger partial charge in [0.2, 0.25) is 5.91 Å². The van der Waals surface area contributed by atoms with Crippen molar-refractivity contribution < 1.29 is 19.8 Å². The molecule has 0 rings (SSSR count). The van der Waals surface area contributed by atoms with Gasteiger partial charge >= 0.3 is 5.97 Å². The van der Waals surface area contributed by atoms with Crippen molar-refractivity contribution >= 4 is 11.9 Å². The summed E-state index contributed by atoms with van der Waals surface area (Å²) in [5.41, 5.74) is -0.971. The molecule has 5 nitrogen and oxygen atoms in total. The van der Waals surface area contributed by atoms with Crippen molar-refractivity contribution in [3.05, 3.63) is 0 Å². The lowest BCUT2D eigenvalue weighted by molar-refractivity contribution is -0.152. The van der Waals surface area contributed by atoms with Crippen molar-refractivity contribution in [1.29, 1.82) is 0 Å². The van der Waals surface area contributed by atoms with Crippen LogP contribution >= 0.6 is 0 Å². The van der Waals surface area contributed by atoms with Crippen molar-refractivity contribution in [2.75, 3.05) is 6.61 Å². The average Bonchev–Trinajstić information content (AvgIpc) is 2.35. The molecule has 0 aliphatic carbocycles. The van der Waals surface area contributed by atoms with Gasteiger partial charge in [-0.2, -0.15) is 0 Å². The van der Waals surface area contributed by atoms with Crippen molar-refractivity contribution in [3.8, 4) is 0 Å². The van der Waals surface area contributed by atoms with E-state index in [0.717, 1.165) is 6.42 Å². The summed E-state index contributed by atoms with van der Waals surface area (Å²) < 4.78 is 0. The lowest BCUT2D eigenvalue weighted by Gasteiger charge is -2.27. The third-order valence-corrected chi connectivity index (χ3v) is 3.64. The fraction of sp³-hybridized carbons (Fsp3) is 0.846. The number of aliphatic hydroxyl groups excluding tert-OH is 1. The Balaban J connectivity index is 4.56. The third kappa shape index (κ3) is 4.64. The van der Waals surface area contributed by atoms with Gasteiger partial charge in [0.25, 0.3) is 0 Å². The molecule has 0 aliphatic heterocycles. The van der Waals surface area contributed by atoms with Crippen LogP contribution in [0.2, 0.25) is 0 Å². The molecule has 0 saturated carbocycles. The lowest BCUT2D eigenvalue weighted by Crippen LogP contribution is -2.41. The van der Waals surface area contributed by atoms with Gasteiger partial charge in [-0.25, -0.2) is 0 Å². The Morgan fingerprint density at radius 3 is 2.11 bits per heavy atom. The predicted molar refractivity (Wildman–Crippen MR) is 69.2 cm³/mol. The standard InChI is InChI=1S/C13H25NO4/c1-4-10(7-8-15)14-11(16)9-13(5-2,6-3)12(17)18/h10,15H,4-9H2,1-3H3,(H,14,16)(H,17,18). The zero-order valence-electron chi connectivity index (χ0n) is 11.5. The number of hydrogen-bond acceptors (Lipinski definition) is 3. The van der Waals surface area contributed by atoms with Crippen molar-refractivity contribution in [2.24, 2.45) is 5.41 Å². The minimum atomic E-state index is -0.971. The van der Waals surface area contributed by atoms with Crippen LogP contribution in [0.25, 0.3) is 0 Å². The number of rotatable bonds is 9. The van der Waals surface area contributed by atoms with Gasteiger partial charge in [0.05, 0.1) is 5.41 Å². The molecule has 1 unspecified atom stereocenters. The number of amides is 1. The number of carbonyl (C=O) groups is 2. The number of carboxylic acid groups (broad SMARTS) is 1. The smallest absolute Gasteiger partial charge is 0.310 e. The molecule has 0 aromatic heterocycles. The van der Waals surface area contributed by atoms with Crippen molar-refractivity contribution in [1.82, 2.24) is 5.32 Å². The second-order valence-electron chi connectivity index (χ2n) is 4.65. The van der Waals surface area contributed by atoms with Crippen molar-refractivity contribution in [3.63, 3.8) is 0 Å². The SMILES string of the molecule is CCC(CCO)NC(=O)CC(CC)(CC)C(=O)O. The Morgan fingerprint density at radius 2 is 1.78 bits per heavy atom. The first-order valence-corrected chi connectivity index (χ1v) is 6.59. The van der Waals surface area contributed by atoms with E-state index in [0.29, 0.717) is 19.3 Å². The van der Waals surface area contributed by atoms with Crippen LogP contribution < -0.4 is 5.32 Å². The van der Waals surface area contributed by atoms with E-state index in [1.165, 1.54) is 0 Å². The predicted octanol–water partition coefficient (Wildman–Crippen LogP) is 1.54. The van der Waals surface area contributed by atoms with Crippen LogP contribution in [0.1, 0.15) is 52.9 Å². The highest BCUT2D eigenvalue weighted by Gasteiger charge is 2.37. The van der Waals surface area contributed by atoms with E-state index in [4.69, 9.17) is 5.11 Å². The molecule has 106 valence electrons. The van der Waals surface area contributed by atoms with Crippen LogP contribution in [0.5, 0.6) is 0 Å². The fourth-order valence-corrected chi connectivity index (χ4v) is 2.00. The molecule has 0 radical (unpaired) electrons. The number of nitrogens with one attached hydrogen (secondary N) is 1. The average molecular weight is 259 g/mol. The van der Waals surface area contributed by atoms with Crippen molar-refractivity contribution in [2.45, 2.75) is 58.9 Å². The van der Waals surface area contributed by atoms with Gasteiger partial charge in [0.15, 0.2) is 0 Å². The summed E-state index contributed by atoms with van der Waals surface area (Å²) in [6.45, 7) is 5.51. The Kier molecular flexibility index (Phi) is 7.59. The summed E-state index contributed by atoms with van der Waals surface area (Å²) in [5.74, 6) is -1.17. The summed E-state index contributed by atoms with van der Waals surface area (Å²) in [5, 5.41) is 20.9. The highest BCUT2D eigenvalue weighted by molar-refractivity contribution is 5.85. The highest BCUT2D eigenvalue weighted by atomic mass is 16.4. The summed E-state index contributed by atoms with van der Waals surface area (Å²) in [6, 6.07) is -0.0808. The van der Waals surface area contributed by atoms with Crippen LogP contribution in [-0.4, -0.2) is 34.7 Å². The summed E-state index contributed by atoms with van der Waals surface area (Å²) >= 11 is 0. The van der Waals surface area contributed by atoms with Gasteiger partial charge in [-0.05, 0) is 25.7 Å². The van der Waals surface area contributed by atoms with Gasteiger partial charge in [0, 0.05) is 19.1 Å². The Bertz CT molecular complexity index is 274. The summed E-state index contributed by atoms with van der Waals surface area (Å²) in [6.07, 6.45) is 2.09. The molecule has 1 atom stereocenters. The maximum atomic E-state index is 11.9. The van der Waals surface area contributed by atoms with Crippen LogP contribution in [0.15, 0.2) is 0 Å². The van der Waals surface area contributed by atoms with Crippen LogP contribution in [0, 0.1) is 5.41 Å². The molecule has 0 bridgehead atoms. The van der Waals surface area contributed by atoms with Crippen LogP contribution in [0.4, 0.5) is 0 Å². The Hall–Kier alpha value is -1.10. The first-order chi connectivity index (χ1) is 8.45. The first-order valence-electron chi connectivity index (χ1n) is 6.59. The van der Waals surface area contributed by atoms with Gasteiger partial charge < -0.3 is 15.5 Å². The van der Waals surface area contributed by atoms with Gasteiger partial charge in [-0.15, -0.1) is 0 Å². The molecule has 5 heteroatoms. The van der Waals surface area contributed by atoms with E-state index in [1.54, 1.807) is 13.8 Å². The molecular weight excluding hydrogens is 234 g/mol. The van der Waals surface area contributed by atoms with E-state index in [9.17, 15) is 14.7 Å². The maximum Gasteiger partial charge on any atom is 0.310 e. The number of aliphatic carboxylic acids is 1. The first kappa shape index (κ1) is 16.9. The molecular formula is C13H25NO4. The molecule has 3 N–H and O–H groups in total. The molecule has 0 aromatic rings. The molecule has 1 amide bonds. The second-order valence-corrected chi connectivity index (χ2v) is 4.65. The summed E-state index contributed by atoms with van der Waals surface area (Å²) in [4.78, 5) is 23.1. The van der Waals surface area contributed by atoms with E-state index in [2.05, 4.69) is 5.32 Å². The van der Waals surface area contributed by atoms with Gasteiger partial charge in [-0.3, -0.25) is 9.59 Å². The topological polar surface area (TPSA) is 86.6 Å². The van der Waals surface area contributed by atoms with Crippen LogP contribution in [0.3, 0.4) is 0 Å². The lowest BCUT2D eigenvalue weighted by atomic mass is 9.79. The number of carboxylic acids is 1. The second kappa shape index (κ2) is 8.08. The third-order valence-electron chi connectivity index (χ3n) is 3.64. The maximum absolute atomic E-state index is 11.9. The van der Waals surface area contributed by atoms with Gasteiger partial charge in [-0.1, -0.05) is 20.8 Å². The highest BCUT2D eigenvalue weighted by Crippen LogP contribution is 2.30. The quantitative estimate of drug-likeness (QED) is 0.586. The van der Waals surface area contributed by atoms with E-state index in [1.807, 2.05) is 6.92 Å². The number of hydrogen-bond donors (Lipinski definition) is 3. The molecule has 0 spiro atoms. The molecule has 18 heavy (non-hydrogen) atoms. The summed E-state index contributed by atoms with van der Waals surface area (Å²) in [7, 11) is 0. The molecule has 0 fully saturated rings. The minimum Gasteiger partial charge on any atom is -0.481 e. The molecule has 0 aliphatic rings. The zero-order chi connectivity index (χ0) is 14.2.